The number of fused-ring (bicyclic) bond motifs is 3. The van der Waals surface area contributed by atoms with E-state index in [0.29, 0.717) is 0 Å². The van der Waals surface area contributed by atoms with Crippen molar-refractivity contribution >= 4 is 34.1 Å². The van der Waals surface area contributed by atoms with E-state index in [2.05, 4.69) is 168 Å². The van der Waals surface area contributed by atoms with Crippen molar-refractivity contribution in [2.24, 2.45) is 0 Å². The van der Waals surface area contributed by atoms with Crippen LogP contribution in [0.25, 0.3) is 11.1 Å². The first kappa shape index (κ1) is 23.1. The van der Waals surface area contributed by atoms with Crippen LogP contribution in [0.5, 0.6) is 0 Å². The Morgan fingerprint density at radius 3 is 1.31 bits per heavy atom. The van der Waals surface area contributed by atoms with E-state index in [4.69, 9.17) is 0 Å². The minimum Gasteiger partial charge on any atom is -0.308 e. The highest BCUT2D eigenvalue weighted by molar-refractivity contribution is 5.98. The molecule has 0 saturated carbocycles. The quantitative estimate of drug-likeness (QED) is 0.224. The van der Waals surface area contributed by atoms with Gasteiger partial charge in [-0.1, -0.05) is 103 Å². The molecule has 0 saturated heterocycles. The summed E-state index contributed by atoms with van der Waals surface area (Å²) < 4.78 is 0. The van der Waals surface area contributed by atoms with Gasteiger partial charge in [-0.3, -0.25) is 0 Å². The monoisotopic (exact) mass is 500 g/mol. The molecular formula is C37H28N2. The summed E-state index contributed by atoms with van der Waals surface area (Å²) in [6.45, 7) is 0. The molecular weight excluding hydrogens is 472 g/mol. The van der Waals surface area contributed by atoms with Gasteiger partial charge in [0.05, 0.1) is 11.4 Å². The third-order valence-electron chi connectivity index (χ3n) is 7.46. The number of rotatable bonds is 6. The lowest BCUT2D eigenvalue weighted by Gasteiger charge is -2.35. The van der Waals surface area contributed by atoms with Gasteiger partial charge in [-0.05, 0) is 76.9 Å². The van der Waals surface area contributed by atoms with E-state index < -0.39 is 0 Å². The molecule has 6 aromatic rings. The summed E-state index contributed by atoms with van der Waals surface area (Å²) in [5.41, 5.74) is 12.2. The van der Waals surface area contributed by atoms with E-state index in [1.165, 1.54) is 27.9 Å². The van der Waals surface area contributed by atoms with Crippen LogP contribution in [0, 0.1) is 0 Å². The molecule has 1 aliphatic carbocycles. The summed E-state index contributed by atoms with van der Waals surface area (Å²) in [6.07, 6.45) is 0.891. The van der Waals surface area contributed by atoms with Crippen molar-refractivity contribution in [2.75, 3.05) is 9.80 Å². The predicted molar refractivity (Wildman–Crippen MR) is 164 cm³/mol. The molecule has 0 aromatic heterocycles. The first-order chi connectivity index (χ1) is 19.4. The second kappa shape index (κ2) is 10.00. The average molecular weight is 501 g/mol. The maximum absolute atomic E-state index is 2.43. The molecule has 0 unspecified atom stereocenters. The van der Waals surface area contributed by atoms with Crippen LogP contribution in [0.1, 0.15) is 11.1 Å². The van der Waals surface area contributed by atoms with E-state index in [0.717, 1.165) is 34.9 Å². The van der Waals surface area contributed by atoms with Gasteiger partial charge in [0.1, 0.15) is 0 Å². The molecule has 2 nitrogen and oxygen atoms in total. The first-order valence-corrected chi connectivity index (χ1v) is 13.4. The summed E-state index contributed by atoms with van der Waals surface area (Å²) in [6, 6.07) is 56.2. The van der Waals surface area contributed by atoms with Gasteiger partial charge in [-0.15, -0.1) is 0 Å². The van der Waals surface area contributed by atoms with Crippen LogP contribution < -0.4 is 9.80 Å². The molecule has 7 rings (SSSR count). The minimum atomic E-state index is 0.891. The van der Waals surface area contributed by atoms with Crippen LogP contribution >= 0.6 is 0 Å². The lowest BCUT2D eigenvalue weighted by atomic mass is 10.00. The summed E-state index contributed by atoms with van der Waals surface area (Å²) in [5, 5.41) is 0. The largest absolute Gasteiger partial charge is 0.308 e. The number of hydrogen-bond donors (Lipinski definition) is 0. The first-order valence-electron chi connectivity index (χ1n) is 13.4. The van der Waals surface area contributed by atoms with Crippen LogP contribution in [0.15, 0.2) is 158 Å². The molecule has 0 spiro atoms. The van der Waals surface area contributed by atoms with Gasteiger partial charge >= 0.3 is 0 Å². The number of benzene rings is 6. The summed E-state index contributed by atoms with van der Waals surface area (Å²) >= 11 is 0. The summed E-state index contributed by atoms with van der Waals surface area (Å²) in [5.74, 6) is 0. The van der Waals surface area contributed by atoms with Gasteiger partial charge < -0.3 is 9.80 Å². The van der Waals surface area contributed by atoms with Crippen molar-refractivity contribution in [1.29, 1.82) is 0 Å². The Labute approximate surface area is 230 Å². The van der Waals surface area contributed by atoms with Crippen molar-refractivity contribution in [1.82, 2.24) is 0 Å². The highest BCUT2D eigenvalue weighted by atomic mass is 15.2. The fourth-order valence-corrected chi connectivity index (χ4v) is 5.76. The zero-order valence-electron chi connectivity index (χ0n) is 21.6. The molecule has 0 heterocycles. The Bertz CT molecular complexity index is 1630. The Morgan fingerprint density at radius 2 is 0.795 bits per heavy atom. The average Bonchev–Trinajstić information content (AvgIpc) is 3.39. The van der Waals surface area contributed by atoms with E-state index in [9.17, 15) is 0 Å². The molecule has 39 heavy (non-hydrogen) atoms. The lowest BCUT2D eigenvalue weighted by Crippen LogP contribution is -2.18. The van der Waals surface area contributed by atoms with Crippen LogP contribution in [0.3, 0.4) is 0 Å². The normalized spacial score (nSPS) is 11.5. The third kappa shape index (κ3) is 4.17. The second-order valence-corrected chi connectivity index (χ2v) is 9.81. The van der Waals surface area contributed by atoms with Crippen molar-refractivity contribution < 1.29 is 0 Å². The van der Waals surface area contributed by atoms with Gasteiger partial charge in [0, 0.05) is 29.2 Å². The van der Waals surface area contributed by atoms with Crippen LogP contribution in [0.2, 0.25) is 0 Å². The standard InChI is InChI=1S/C37H28N2/c1-5-16-29(17-6-1)38(30-18-7-2-8-19-30)36-26-25-34-33-24-14-13-15-28(33)27-35(34)37(36)39(31-20-9-3-10-21-31)32-22-11-4-12-23-32/h1-26H,27H2. The minimum absolute atomic E-state index is 0.891. The number of nitrogens with zero attached hydrogens (tertiary/aromatic N) is 2. The van der Waals surface area contributed by atoms with Gasteiger partial charge in [-0.2, -0.15) is 0 Å². The molecule has 0 amide bonds. The molecule has 0 fully saturated rings. The van der Waals surface area contributed by atoms with E-state index in [1.807, 2.05) is 0 Å². The zero-order valence-corrected chi connectivity index (χ0v) is 21.6. The van der Waals surface area contributed by atoms with Gasteiger partial charge in [0.15, 0.2) is 0 Å². The van der Waals surface area contributed by atoms with Crippen molar-refractivity contribution in [3.8, 4) is 11.1 Å². The molecule has 1 aliphatic rings. The van der Waals surface area contributed by atoms with Crippen molar-refractivity contribution in [3.63, 3.8) is 0 Å². The van der Waals surface area contributed by atoms with Crippen LogP contribution in [-0.2, 0) is 6.42 Å². The fourth-order valence-electron chi connectivity index (χ4n) is 5.76. The maximum Gasteiger partial charge on any atom is 0.0744 e. The topological polar surface area (TPSA) is 6.48 Å². The van der Waals surface area contributed by atoms with Crippen molar-refractivity contribution in [2.45, 2.75) is 6.42 Å². The predicted octanol–water partition coefficient (Wildman–Crippen LogP) is 10.2. The highest BCUT2D eigenvalue weighted by Crippen LogP contribution is 2.52. The van der Waals surface area contributed by atoms with E-state index in [1.54, 1.807) is 0 Å². The Hall–Kier alpha value is -5.08. The lowest BCUT2D eigenvalue weighted by molar-refractivity contribution is 1.17. The zero-order chi connectivity index (χ0) is 26.0. The third-order valence-corrected chi connectivity index (χ3v) is 7.46. The summed E-state index contributed by atoms with van der Waals surface area (Å²) in [4.78, 5) is 4.82. The second-order valence-electron chi connectivity index (χ2n) is 9.81. The summed E-state index contributed by atoms with van der Waals surface area (Å²) in [7, 11) is 0. The molecule has 0 bridgehead atoms. The van der Waals surface area contributed by atoms with Crippen molar-refractivity contribution in [3.05, 3.63) is 169 Å². The number of anilines is 6. The van der Waals surface area contributed by atoms with Gasteiger partial charge in [0.2, 0.25) is 0 Å². The maximum atomic E-state index is 2.43. The Morgan fingerprint density at radius 1 is 0.359 bits per heavy atom. The Balaban J connectivity index is 1.56. The van der Waals surface area contributed by atoms with E-state index >= 15 is 0 Å². The van der Waals surface area contributed by atoms with Crippen LogP contribution in [-0.4, -0.2) is 0 Å². The Kier molecular flexibility index (Phi) is 5.91. The molecule has 0 atom stereocenters. The SMILES string of the molecule is c1ccc(N(c2ccccc2)c2ccc3c(c2N(c2ccccc2)c2ccccc2)Cc2ccccc2-3)cc1. The molecule has 0 radical (unpaired) electrons. The fraction of sp³-hybridized carbons (Fsp3) is 0.0270. The molecule has 0 N–H and O–H groups in total. The van der Waals surface area contributed by atoms with Gasteiger partial charge in [0.25, 0.3) is 0 Å². The number of para-hydroxylation sites is 4. The molecule has 6 aromatic carbocycles. The van der Waals surface area contributed by atoms with Crippen LogP contribution in [0.4, 0.5) is 34.1 Å². The van der Waals surface area contributed by atoms with E-state index in [-0.39, 0.29) is 0 Å². The molecule has 186 valence electrons. The molecule has 0 aliphatic heterocycles. The highest BCUT2D eigenvalue weighted by Gasteiger charge is 2.30. The molecule has 2 heteroatoms. The smallest absolute Gasteiger partial charge is 0.0744 e. The van der Waals surface area contributed by atoms with Gasteiger partial charge in [-0.25, -0.2) is 0 Å². The number of hydrogen-bond acceptors (Lipinski definition) is 2.